The SMILES string of the molecule is CC(C)S(=O)(=O)CC1CCC(CCc2cccc3c2Cc2ccccc2-3)CC1. The van der Waals surface area contributed by atoms with Gasteiger partial charge in [-0.25, -0.2) is 8.42 Å². The minimum Gasteiger partial charge on any atom is -0.229 e. The van der Waals surface area contributed by atoms with E-state index < -0.39 is 9.84 Å². The van der Waals surface area contributed by atoms with Crippen LogP contribution in [0.5, 0.6) is 0 Å². The van der Waals surface area contributed by atoms with Crippen molar-refractivity contribution < 1.29 is 8.42 Å². The van der Waals surface area contributed by atoms with Gasteiger partial charge in [0.1, 0.15) is 0 Å². The molecule has 2 aromatic rings. The second kappa shape index (κ2) is 8.02. The molecule has 1 fully saturated rings. The van der Waals surface area contributed by atoms with Crippen LogP contribution in [-0.2, 0) is 22.7 Å². The summed E-state index contributed by atoms with van der Waals surface area (Å²) in [6.45, 7) is 3.61. The molecule has 2 aromatic carbocycles. The van der Waals surface area contributed by atoms with Gasteiger partial charge in [-0.2, -0.15) is 0 Å². The average molecular weight is 397 g/mol. The third-order valence-corrected chi connectivity index (χ3v) is 9.29. The maximum atomic E-state index is 12.2. The lowest BCUT2D eigenvalue weighted by molar-refractivity contribution is 0.278. The molecular formula is C25H32O2S. The Balaban J connectivity index is 1.34. The standard InChI is InChI=1S/C25H32O2S/c1-18(2)28(26,27)17-20-12-10-19(11-13-20)14-15-21-7-5-9-24-23-8-4-3-6-22(23)16-25(21)24/h3-9,18-20H,10-17H2,1-2H3. The van der Waals surface area contributed by atoms with Gasteiger partial charge in [-0.1, -0.05) is 55.3 Å². The molecule has 0 saturated heterocycles. The Labute approximate surface area is 170 Å². The molecule has 0 bridgehead atoms. The number of hydrogen-bond donors (Lipinski definition) is 0. The fraction of sp³-hybridized carbons (Fsp3) is 0.520. The molecular weight excluding hydrogens is 364 g/mol. The fourth-order valence-electron chi connectivity index (χ4n) is 5.03. The maximum absolute atomic E-state index is 12.2. The normalized spacial score (nSPS) is 21.5. The van der Waals surface area contributed by atoms with Crippen molar-refractivity contribution >= 4 is 9.84 Å². The summed E-state index contributed by atoms with van der Waals surface area (Å²) < 4.78 is 24.4. The molecule has 0 aromatic heterocycles. The van der Waals surface area contributed by atoms with Crippen LogP contribution in [0.25, 0.3) is 11.1 Å². The Morgan fingerprint density at radius 3 is 2.32 bits per heavy atom. The molecule has 0 amide bonds. The molecule has 1 saturated carbocycles. The number of aryl methyl sites for hydroxylation is 1. The second-order valence-electron chi connectivity index (χ2n) is 9.08. The molecule has 0 N–H and O–H groups in total. The average Bonchev–Trinajstić information content (AvgIpc) is 3.06. The lowest BCUT2D eigenvalue weighted by atomic mass is 9.80. The van der Waals surface area contributed by atoms with Gasteiger partial charge in [0.15, 0.2) is 9.84 Å². The van der Waals surface area contributed by atoms with Gasteiger partial charge in [0.25, 0.3) is 0 Å². The van der Waals surface area contributed by atoms with E-state index in [9.17, 15) is 8.42 Å². The van der Waals surface area contributed by atoms with E-state index in [-0.39, 0.29) is 5.25 Å². The quantitative estimate of drug-likeness (QED) is 0.526. The van der Waals surface area contributed by atoms with Crippen LogP contribution in [-0.4, -0.2) is 19.4 Å². The molecule has 2 aliphatic carbocycles. The number of fused-ring (bicyclic) bond motifs is 3. The van der Waals surface area contributed by atoms with Crippen molar-refractivity contribution in [2.24, 2.45) is 11.8 Å². The summed E-state index contributed by atoms with van der Waals surface area (Å²) in [6.07, 6.45) is 7.99. The Hall–Kier alpha value is -1.61. The molecule has 150 valence electrons. The highest BCUT2D eigenvalue weighted by Gasteiger charge is 2.27. The van der Waals surface area contributed by atoms with E-state index in [1.54, 1.807) is 13.8 Å². The van der Waals surface area contributed by atoms with Gasteiger partial charge in [-0.3, -0.25) is 0 Å². The third-order valence-electron chi connectivity index (χ3n) is 6.92. The Bertz CT molecular complexity index is 935. The first-order chi connectivity index (χ1) is 13.4. The molecule has 0 heterocycles. The Kier molecular flexibility index (Phi) is 5.64. The van der Waals surface area contributed by atoms with Crippen LogP contribution < -0.4 is 0 Å². The van der Waals surface area contributed by atoms with Gasteiger partial charge in [0, 0.05) is 0 Å². The second-order valence-corrected chi connectivity index (χ2v) is 11.7. The van der Waals surface area contributed by atoms with E-state index >= 15 is 0 Å². The van der Waals surface area contributed by atoms with Crippen LogP contribution in [0.4, 0.5) is 0 Å². The van der Waals surface area contributed by atoms with Gasteiger partial charge in [-0.15, -0.1) is 0 Å². The lowest BCUT2D eigenvalue weighted by Crippen LogP contribution is -2.26. The van der Waals surface area contributed by atoms with Gasteiger partial charge in [-0.05, 0) is 85.6 Å². The largest absolute Gasteiger partial charge is 0.229 e. The highest BCUT2D eigenvalue weighted by Crippen LogP contribution is 2.39. The topological polar surface area (TPSA) is 34.1 Å². The van der Waals surface area contributed by atoms with E-state index in [4.69, 9.17) is 0 Å². The first-order valence-corrected chi connectivity index (χ1v) is 12.6. The summed E-state index contributed by atoms with van der Waals surface area (Å²) in [4.78, 5) is 0. The lowest BCUT2D eigenvalue weighted by Gasteiger charge is -2.29. The first-order valence-electron chi connectivity index (χ1n) is 10.8. The van der Waals surface area contributed by atoms with Crippen molar-refractivity contribution in [3.63, 3.8) is 0 Å². The Morgan fingerprint density at radius 2 is 1.57 bits per heavy atom. The summed E-state index contributed by atoms with van der Waals surface area (Å²) in [5.74, 6) is 1.51. The van der Waals surface area contributed by atoms with E-state index in [2.05, 4.69) is 42.5 Å². The minimum absolute atomic E-state index is 0.241. The molecule has 28 heavy (non-hydrogen) atoms. The monoisotopic (exact) mass is 396 g/mol. The molecule has 0 spiro atoms. The molecule has 3 heteroatoms. The highest BCUT2D eigenvalue weighted by molar-refractivity contribution is 7.91. The van der Waals surface area contributed by atoms with Crippen molar-refractivity contribution in [2.45, 2.75) is 64.0 Å². The van der Waals surface area contributed by atoms with Gasteiger partial charge >= 0.3 is 0 Å². The maximum Gasteiger partial charge on any atom is 0.152 e. The highest BCUT2D eigenvalue weighted by atomic mass is 32.2. The smallest absolute Gasteiger partial charge is 0.152 e. The van der Waals surface area contributed by atoms with E-state index in [0.717, 1.165) is 31.6 Å². The van der Waals surface area contributed by atoms with Gasteiger partial charge < -0.3 is 0 Å². The summed E-state index contributed by atoms with van der Waals surface area (Å²) in [6, 6.07) is 15.6. The zero-order valence-corrected chi connectivity index (χ0v) is 18.0. The summed E-state index contributed by atoms with van der Waals surface area (Å²) in [5.41, 5.74) is 7.33. The zero-order chi connectivity index (χ0) is 19.7. The van der Waals surface area contributed by atoms with Gasteiger partial charge in [0.2, 0.25) is 0 Å². The van der Waals surface area contributed by atoms with Gasteiger partial charge in [0.05, 0.1) is 11.0 Å². The summed E-state index contributed by atoms with van der Waals surface area (Å²) in [7, 11) is -2.90. The number of hydrogen-bond acceptors (Lipinski definition) is 2. The van der Waals surface area contributed by atoms with Crippen molar-refractivity contribution in [1.82, 2.24) is 0 Å². The van der Waals surface area contributed by atoms with Crippen LogP contribution in [0.3, 0.4) is 0 Å². The predicted molar refractivity (Wildman–Crippen MR) is 117 cm³/mol. The van der Waals surface area contributed by atoms with Crippen LogP contribution in [0.2, 0.25) is 0 Å². The Morgan fingerprint density at radius 1 is 0.893 bits per heavy atom. The van der Waals surface area contributed by atoms with E-state index in [0.29, 0.717) is 11.7 Å². The van der Waals surface area contributed by atoms with Crippen LogP contribution in [0.1, 0.15) is 62.6 Å². The van der Waals surface area contributed by atoms with Crippen LogP contribution >= 0.6 is 0 Å². The number of rotatable bonds is 6. The fourth-order valence-corrected chi connectivity index (χ4v) is 6.40. The molecule has 4 rings (SSSR count). The number of benzene rings is 2. The summed E-state index contributed by atoms with van der Waals surface area (Å²) >= 11 is 0. The minimum atomic E-state index is -2.90. The summed E-state index contributed by atoms with van der Waals surface area (Å²) in [5, 5.41) is -0.241. The predicted octanol–water partition coefficient (Wildman–Crippen LogP) is 5.82. The van der Waals surface area contributed by atoms with Crippen molar-refractivity contribution in [2.75, 3.05) is 5.75 Å². The molecule has 0 aliphatic heterocycles. The van der Waals surface area contributed by atoms with Crippen molar-refractivity contribution in [3.05, 3.63) is 59.2 Å². The molecule has 0 atom stereocenters. The van der Waals surface area contributed by atoms with Crippen molar-refractivity contribution in [1.29, 1.82) is 0 Å². The van der Waals surface area contributed by atoms with E-state index in [1.165, 1.54) is 47.1 Å². The zero-order valence-electron chi connectivity index (χ0n) is 17.2. The number of sulfone groups is 1. The first kappa shape index (κ1) is 19.7. The van der Waals surface area contributed by atoms with Crippen LogP contribution in [0, 0.1) is 11.8 Å². The molecule has 2 aliphatic rings. The van der Waals surface area contributed by atoms with E-state index in [1.807, 2.05) is 0 Å². The molecule has 0 radical (unpaired) electrons. The van der Waals surface area contributed by atoms with Crippen molar-refractivity contribution in [3.8, 4) is 11.1 Å². The van der Waals surface area contributed by atoms with Crippen LogP contribution in [0.15, 0.2) is 42.5 Å². The molecule has 0 unspecified atom stereocenters. The third kappa shape index (κ3) is 4.05. The molecule has 2 nitrogen and oxygen atoms in total.